The highest BCUT2D eigenvalue weighted by molar-refractivity contribution is 5.81. The van der Waals surface area contributed by atoms with Gasteiger partial charge in [0.25, 0.3) is 0 Å². The Kier molecular flexibility index (Phi) is 5.00. The van der Waals surface area contributed by atoms with Crippen LogP contribution in [0.1, 0.15) is 0 Å². The Morgan fingerprint density at radius 1 is 0.963 bits per heavy atom. The zero-order valence-electron chi connectivity index (χ0n) is 15.0. The molecule has 2 aliphatic rings. The second kappa shape index (κ2) is 7.73. The average molecular weight is 371 g/mol. The van der Waals surface area contributed by atoms with Gasteiger partial charge in [-0.2, -0.15) is 0 Å². The van der Waals surface area contributed by atoms with Crippen LogP contribution in [0.3, 0.4) is 0 Å². The molecule has 0 spiro atoms. The smallest absolute Gasteiger partial charge is 0.241 e. The van der Waals surface area contributed by atoms with Gasteiger partial charge in [-0.1, -0.05) is 0 Å². The third kappa shape index (κ3) is 4.07. The van der Waals surface area contributed by atoms with E-state index < -0.39 is 0 Å². The normalized spacial score (nSPS) is 16.2. The molecular formula is C20H22FN3O3. The first-order chi connectivity index (χ1) is 13.2. The van der Waals surface area contributed by atoms with Crippen LogP contribution in [0.25, 0.3) is 0 Å². The fraction of sp³-hybridized carbons (Fsp3) is 0.350. The van der Waals surface area contributed by atoms with Crippen molar-refractivity contribution in [2.45, 2.75) is 0 Å². The molecule has 0 atom stereocenters. The van der Waals surface area contributed by atoms with Gasteiger partial charge in [0, 0.05) is 43.6 Å². The molecule has 1 N–H and O–H groups in total. The maximum atomic E-state index is 13.0. The summed E-state index contributed by atoms with van der Waals surface area (Å²) in [5.41, 5.74) is 1.82. The summed E-state index contributed by atoms with van der Waals surface area (Å²) in [6.45, 7) is 4.10. The van der Waals surface area contributed by atoms with E-state index in [1.807, 2.05) is 23.1 Å². The average Bonchev–Trinajstić information content (AvgIpc) is 2.72. The number of hydrogen-bond acceptors (Lipinski definition) is 5. The standard InChI is InChI=1S/C20H22FN3O3/c21-15-1-4-17(5-2-15)23-7-9-24(10-8-23)20(25)14-22-16-3-6-18-19(13-16)27-12-11-26-18/h1-6,13,22H,7-12,14H2. The first kappa shape index (κ1) is 17.5. The fourth-order valence-electron chi connectivity index (χ4n) is 3.31. The third-order valence-electron chi connectivity index (χ3n) is 4.81. The second-order valence-electron chi connectivity index (χ2n) is 6.56. The Morgan fingerprint density at radius 2 is 1.67 bits per heavy atom. The molecule has 27 heavy (non-hydrogen) atoms. The van der Waals surface area contributed by atoms with Crippen LogP contribution < -0.4 is 19.7 Å². The molecule has 2 aromatic rings. The highest BCUT2D eigenvalue weighted by Crippen LogP contribution is 2.32. The maximum absolute atomic E-state index is 13.0. The van der Waals surface area contributed by atoms with Crippen molar-refractivity contribution in [1.82, 2.24) is 4.90 Å². The Bertz CT molecular complexity index is 805. The van der Waals surface area contributed by atoms with Gasteiger partial charge in [-0.15, -0.1) is 0 Å². The van der Waals surface area contributed by atoms with Crippen LogP contribution in [0.5, 0.6) is 11.5 Å². The lowest BCUT2D eigenvalue weighted by Gasteiger charge is -2.36. The van der Waals surface area contributed by atoms with Crippen LogP contribution in [0.15, 0.2) is 42.5 Å². The summed E-state index contributed by atoms with van der Waals surface area (Å²) in [7, 11) is 0. The molecule has 7 heteroatoms. The lowest BCUT2D eigenvalue weighted by molar-refractivity contribution is -0.129. The van der Waals surface area contributed by atoms with Gasteiger partial charge >= 0.3 is 0 Å². The van der Waals surface area contributed by atoms with Crippen molar-refractivity contribution in [3.05, 3.63) is 48.3 Å². The molecule has 2 heterocycles. The summed E-state index contributed by atoms with van der Waals surface area (Å²) in [5, 5.41) is 3.16. The Balaban J connectivity index is 1.28. The van der Waals surface area contributed by atoms with Crippen LogP contribution in [0.2, 0.25) is 0 Å². The van der Waals surface area contributed by atoms with Crippen molar-refractivity contribution in [1.29, 1.82) is 0 Å². The maximum Gasteiger partial charge on any atom is 0.241 e. The van der Waals surface area contributed by atoms with Gasteiger partial charge in [0.05, 0.1) is 6.54 Å². The number of nitrogens with zero attached hydrogens (tertiary/aromatic N) is 2. The van der Waals surface area contributed by atoms with E-state index in [1.54, 1.807) is 12.1 Å². The van der Waals surface area contributed by atoms with E-state index in [-0.39, 0.29) is 18.3 Å². The van der Waals surface area contributed by atoms with Crippen LogP contribution in [0, 0.1) is 5.82 Å². The molecule has 0 aliphatic carbocycles. The summed E-state index contributed by atoms with van der Waals surface area (Å²) >= 11 is 0. The van der Waals surface area contributed by atoms with E-state index in [2.05, 4.69) is 10.2 Å². The number of ether oxygens (including phenoxy) is 2. The van der Waals surface area contributed by atoms with Crippen molar-refractivity contribution in [2.24, 2.45) is 0 Å². The van der Waals surface area contributed by atoms with Gasteiger partial charge < -0.3 is 24.6 Å². The summed E-state index contributed by atoms with van der Waals surface area (Å²) in [4.78, 5) is 16.5. The molecule has 2 aliphatic heterocycles. The van der Waals surface area contributed by atoms with Gasteiger partial charge in [-0.3, -0.25) is 4.79 Å². The molecule has 1 saturated heterocycles. The molecule has 0 bridgehead atoms. The number of carbonyl (C=O) groups excluding carboxylic acids is 1. The molecule has 2 aromatic carbocycles. The minimum atomic E-state index is -0.238. The molecule has 0 saturated carbocycles. The van der Waals surface area contributed by atoms with E-state index in [4.69, 9.17) is 9.47 Å². The number of halogens is 1. The van der Waals surface area contributed by atoms with E-state index in [1.165, 1.54) is 12.1 Å². The zero-order chi connectivity index (χ0) is 18.6. The van der Waals surface area contributed by atoms with E-state index >= 15 is 0 Å². The highest BCUT2D eigenvalue weighted by Gasteiger charge is 2.21. The number of piperazine rings is 1. The quantitative estimate of drug-likeness (QED) is 0.894. The first-order valence-corrected chi connectivity index (χ1v) is 9.11. The molecule has 0 unspecified atom stereocenters. The topological polar surface area (TPSA) is 54.0 Å². The number of nitrogens with one attached hydrogen (secondary N) is 1. The SMILES string of the molecule is O=C(CNc1ccc2c(c1)OCCO2)N1CCN(c2ccc(F)cc2)CC1. The number of amides is 1. The molecule has 1 fully saturated rings. The Hall–Kier alpha value is -2.96. The predicted octanol–water partition coefficient (Wildman–Crippen LogP) is 2.36. The minimum Gasteiger partial charge on any atom is -0.486 e. The first-order valence-electron chi connectivity index (χ1n) is 9.11. The molecule has 4 rings (SSSR count). The van der Waals surface area contributed by atoms with Gasteiger partial charge in [-0.05, 0) is 36.4 Å². The predicted molar refractivity (Wildman–Crippen MR) is 101 cm³/mol. The number of benzene rings is 2. The lowest BCUT2D eigenvalue weighted by Crippen LogP contribution is -2.50. The van der Waals surface area contributed by atoms with Crippen molar-refractivity contribution < 1.29 is 18.7 Å². The van der Waals surface area contributed by atoms with Gasteiger partial charge in [0.1, 0.15) is 19.0 Å². The molecule has 142 valence electrons. The summed E-state index contributed by atoms with van der Waals surface area (Å²) < 4.78 is 24.1. The van der Waals surface area contributed by atoms with Crippen LogP contribution >= 0.6 is 0 Å². The largest absolute Gasteiger partial charge is 0.486 e. The molecule has 6 nitrogen and oxygen atoms in total. The van der Waals surface area contributed by atoms with Gasteiger partial charge in [0.15, 0.2) is 11.5 Å². The van der Waals surface area contributed by atoms with Crippen LogP contribution in [-0.4, -0.2) is 56.7 Å². The summed E-state index contributed by atoms with van der Waals surface area (Å²) in [6.07, 6.45) is 0. The zero-order valence-corrected chi connectivity index (χ0v) is 15.0. The fourth-order valence-corrected chi connectivity index (χ4v) is 3.31. The van der Waals surface area contributed by atoms with E-state index in [9.17, 15) is 9.18 Å². The van der Waals surface area contributed by atoms with Gasteiger partial charge in [0.2, 0.25) is 5.91 Å². The Labute approximate surface area is 157 Å². The second-order valence-corrected chi connectivity index (χ2v) is 6.56. The van der Waals surface area contributed by atoms with E-state index in [0.29, 0.717) is 32.1 Å². The third-order valence-corrected chi connectivity index (χ3v) is 4.81. The molecular weight excluding hydrogens is 349 g/mol. The highest BCUT2D eigenvalue weighted by atomic mass is 19.1. The summed E-state index contributed by atoms with van der Waals surface area (Å²) in [5.74, 6) is 1.25. The lowest BCUT2D eigenvalue weighted by atomic mass is 10.2. The number of anilines is 2. The van der Waals surface area contributed by atoms with Crippen LogP contribution in [-0.2, 0) is 4.79 Å². The monoisotopic (exact) mass is 371 g/mol. The molecule has 0 radical (unpaired) electrons. The minimum absolute atomic E-state index is 0.0589. The number of hydrogen-bond donors (Lipinski definition) is 1. The Morgan fingerprint density at radius 3 is 2.41 bits per heavy atom. The van der Waals surface area contributed by atoms with Gasteiger partial charge in [-0.25, -0.2) is 4.39 Å². The number of rotatable bonds is 4. The number of carbonyl (C=O) groups is 1. The van der Waals surface area contributed by atoms with Crippen LogP contribution in [0.4, 0.5) is 15.8 Å². The van der Waals surface area contributed by atoms with E-state index in [0.717, 1.165) is 30.2 Å². The van der Waals surface area contributed by atoms with Crippen molar-refractivity contribution in [3.63, 3.8) is 0 Å². The summed E-state index contributed by atoms with van der Waals surface area (Å²) in [6, 6.07) is 12.1. The molecule has 0 aromatic heterocycles. The van der Waals surface area contributed by atoms with Crippen molar-refractivity contribution >= 4 is 17.3 Å². The van der Waals surface area contributed by atoms with Crippen molar-refractivity contribution in [3.8, 4) is 11.5 Å². The molecule has 1 amide bonds. The number of fused-ring (bicyclic) bond motifs is 1. The van der Waals surface area contributed by atoms with Crippen molar-refractivity contribution in [2.75, 3.05) is 56.2 Å².